The van der Waals surface area contributed by atoms with E-state index in [0.717, 1.165) is 22.0 Å². The van der Waals surface area contributed by atoms with Gasteiger partial charge in [0.2, 0.25) is 5.91 Å². The molecule has 0 spiro atoms. The average molecular weight is 302 g/mol. The fourth-order valence-electron chi connectivity index (χ4n) is 2.60. The van der Waals surface area contributed by atoms with Crippen LogP contribution in [0.1, 0.15) is 48.0 Å². The second-order valence-electron chi connectivity index (χ2n) is 6.72. The summed E-state index contributed by atoms with van der Waals surface area (Å²) in [4.78, 5) is 26.5. The number of amides is 1. The number of rotatable bonds is 3. The summed E-state index contributed by atoms with van der Waals surface area (Å²) in [6, 6.07) is 3.93. The zero-order valence-electron chi connectivity index (χ0n) is 13.6. The first-order valence-electron chi connectivity index (χ1n) is 7.24. The van der Waals surface area contributed by atoms with Gasteiger partial charge >= 0.3 is 5.97 Å². The van der Waals surface area contributed by atoms with Crippen molar-refractivity contribution in [2.24, 2.45) is 5.41 Å². The van der Waals surface area contributed by atoms with Gasteiger partial charge in [-0.1, -0.05) is 26.8 Å². The number of aromatic nitrogens is 1. The second-order valence-corrected chi connectivity index (χ2v) is 6.72. The van der Waals surface area contributed by atoms with Crippen molar-refractivity contribution in [3.63, 3.8) is 0 Å². The Morgan fingerprint density at radius 2 is 1.86 bits per heavy atom. The molecular formula is C17H22N2O3. The summed E-state index contributed by atoms with van der Waals surface area (Å²) in [5.74, 6) is -1.13. The van der Waals surface area contributed by atoms with E-state index in [1.54, 1.807) is 0 Å². The Bertz CT molecular complexity index is 751. The predicted octanol–water partition coefficient (Wildman–Crippen LogP) is 3.15. The minimum absolute atomic E-state index is 0.108. The van der Waals surface area contributed by atoms with E-state index < -0.39 is 11.4 Å². The molecule has 0 bridgehead atoms. The van der Waals surface area contributed by atoms with Gasteiger partial charge in [0.15, 0.2) is 0 Å². The fraction of sp³-hybridized carbons (Fsp3) is 0.412. The Labute approximate surface area is 129 Å². The minimum atomic E-state index is -1.02. The highest BCUT2D eigenvalue weighted by Gasteiger charge is 2.23. The first-order valence-corrected chi connectivity index (χ1v) is 7.24. The van der Waals surface area contributed by atoms with Crippen LogP contribution in [0, 0.1) is 19.3 Å². The first-order chi connectivity index (χ1) is 10.1. The van der Waals surface area contributed by atoms with E-state index in [9.17, 15) is 14.7 Å². The normalized spacial score (nSPS) is 11.7. The van der Waals surface area contributed by atoms with Crippen molar-refractivity contribution in [2.75, 3.05) is 0 Å². The third-order valence-electron chi connectivity index (χ3n) is 3.66. The van der Waals surface area contributed by atoms with Crippen LogP contribution in [0.5, 0.6) is 0 Å². The average Bonchev–Trinajstić information content (AvgIpc) is 2.73. The molecular weight excluding hydrogens is 280 g/mol. The maximum atomic E-state index is 12.0. The molecule has 2 aromatic rings. The zero-order valence-corrected chi connectivity index (χ0v) is 13.6. The van der Waals surface area contributed by atoms with Gasteiger partial charge in [0, 0.05) is 28.4 Å². The summed E-state index contributed by atoms with van der Waals surface area (Å²) in [6.45, 7) is 9.58. The molecule has 118 valence electrons. The molecule has 0 aliphatic carbocycles. The Balaban J connectivity index is 2.49. The third-order valence-corrected chi connectivity index (χ3v) is 3.66. The maximum Gasteiger partial charge on any atom is 0.352 e. The molecule has 0 fully saturated rings. The lowest BCUT2D eigenvalue weighted by Crippen LogP contribution is -2.34. The summed E-state index contributed by atoms with van der Waals surface area (Å²) >= 11 is 0. The highest BCUT2D eigenvalue weighted by atomic mass is 16.4. The van der Waals surface area contributed by atoms with Crippen LogP contribution in [0.15, 0.2) is 12.1 Å². The lowest BCUT2D eigenvalue weighted by Gasteiger charge is -2.17. The van der Waals surface area contributed by atoms with Crippen LogP contribution in [-0.2, 0) is 11.3 Å². The molecule has 1 aromatic carbocycles. The molecule has 5 heteroatoms. The molecule has 3 N–H and O–H groups in total. The lowest BCUT2D eigenvalue weighted by molar-refractivity contribution is -0.128. The molecule has 0 aliphatic rings. The molecule has 1 heterocycles. The van der Waals surface area contributed by atoms with Gasteiger partial charge in [-0.2, -0.15) is 0 Å². The number of carbonyl (C=O) groups is 2. The Hall–Kier alpha value is -2.30. The van der Waals surface area contributed by atoms with Gasteiger partial charge in [-0.15, -0.1) is 0 Å². The number of benzene rings is 1. The monoisotopic (exact) mass is 302 g/mol. The van der Waals surface area contributed by atoms with Gasteiger partial charge in [-0.25, -0.2) is 4.79 Å². The summed E-state index contributed by atoms with van der Waals surface area (Å²) in [5.41, 5.74) is 3.10. The Kier molecular flexibility index (Phi) is 4.00. The van der Waals surface area contributed by atoms with Crippen molar-refractivity contribution in [2.45, 2.75) is 41.2 Å². The number of aryl methyl sites for hydroxylation is 2. The highest BCUT2D eigenvalue weighted by molar-refractivity contribution is 5.99. The number of fused-ring (bicyclic) bond motifs is 1. The largest absolute Gasteiger partial charge is 0.477 e. The van der Waals surface area contributed by atoms with Crippen molar-refractivity contribution in [3.05, 3.63) is 34.5 Å². The summed E-state index contributed by atoms with van der Waals surface area (Å²) in [7, 11) is 0. The van der Waals surface area contributed by atoms with E-state index in [4.69, 9.17) is 0 Å². The number of hydrogen-bond donors (Lipinski definition) is 3. The van der Waals surface area contributed by atoms with Gasteiger partial charge in [-0.05, 0) is 31.0 Å². The molecule has 1 amide bonds. The van der Waals surface area contributed by atoms with Gasteiger partial charge in [0.1, 0.15) is 5.69 Å². The molecule has 0 atom stereocenters. The van der Waals surface area contributed by atoms with Crippen molar-refractivity contribution >= 4 is 22.8 Å². The van der Waals surface area contributed by atoms with E-state index in [1.165, 1.54) is 0 Å². The molecule has 22 heavy (non-hydrogen) atoms. The molecule has 2 rings (SSSR count). The summed E-state index contributed by atoms with van der Waals surface area (Å²) in [6.07, 6.45) is 0. The summed E-state index contributed by atoms with van der Waals surface area (Å²) in [5, 5.41) is 13.1. The van der Waals surface area contributed by atoms with Crippen molar-refractivity contribution in [3.8, 4) is 0 Å². The van der Waals surface area contributed by atoms with Gasteiger partial charge in [-0.3, -0.25) is 4.79 Å². The number of carboxylic acid groups (broad SMARTS) is 1. The first kappa shape index (κ1) is 16.1. The highest BCUT2D eigenvalue weighted by Crippen LogP contribution is 2.27. The van der Waals surface area contributed by atoms with Crippen molar-refractivity contribution < 1.29 is 14.7 Å². The quantitative estimate of drug-likeness (QED) is 0.814. The van der Waals surface area contributed by atoms with Crippen molar-refractivity contribution in [1.82, 2.24) is 10.3 Å². The number of aromatic amines is 1. The third kappa shape index (κ3) is 2.98. The predicted molar refractivity (Wildman–Crippen MR) is 86.0 cm³/mol. The molecule has 0 saturated heterocycles. The smallest absolute Gasteiger partial charge is 0.352 e. The number of H-pyrrole nitrogens is 1. The van der Waals surface area contributed by atoms with Gasteiger partial charge in [0.05, 0.1) is 0 Å². The van der Waals surface area contributed by atoms with E-state index >= 15 is 0 Å². The van der Waals surface area contributed by atoms with E-state index in [1.807, 2.05) is 46.8 Å². The van der Waals surface area contributed by atoms with E-state index in [0.29, 0.717) is 5.56 Å². The van der Waals surface area contributed by atoms with Crippen LogP contribution in [0.25, 0.3) is 10.9 Å². The molecule has 0 unspecified atom stereocenters. The van der Waals surface area contributed by atoms with Crippen LogP contribution in [0.4, 0.5) is 0 Å². The zero-order chi connectivity index (χ0) is 16.7. The van der Waals surface area contributed by atoms with Gasteiger partial charge in [0.25, 0.3) is 0 Å². The minimum Gasteiger partial charge on any atom is -0.477 e. The lowest BCUT2D eigenvalue weighted by atomic mass is 9.95. The number of nitrogens with one attached hydrogen (secondary N) is 2. The van der Waals surface area contributed by atoms with E-state index in [2.05, 4.69) is 10.3 Å². The van der Waals surface area contributed by atoms with E-state index in [-0.39, 0.29) is 18.1 Å². The second kappa shape index (κ2) is 5.48. The topological polar surface area (TPSA) is 82.2 Å². The Morgan fingerprint density at radius 1 is 1.23 bits per heavy atom. The van der Waals surface area contributed by atoms with Crippen LogP contribution in [0.3, 0.4) is 0 Å². The molecule has 0 radical (unpaired) electrons. The fourth-order valence-corrected chi connectivity index (χ4v) is 2.60. The number of hydrogen-bond acceptors (Lipinski definition) is 2. The van der Waals surface area contributed by atoms with Crippen LogP contribution in [-0.4, -0.2) is 22.0 Å². The Morgan fingerprint density at radius 3 is 2.41 bits per heavy atom. The number of aromatic carboxylic acids is 1. The van der Waals surface area contributed by atoms with Crippen LogP contribution < -0.4 is 5.32 Å². The SMILES string of the molecule is Cc1cc(C)c2c(CNC(=O)C(C)(C)C)c(C(=O)O)[nH]c2c1. The maximum absolute atomic E-state index is 12.0. The molecule has 0 aliphatic heterocycles. The van der Waals surface area contributed by atoms with Gasteiger partial charge < -0.3 is 15.4 Å². The van der Waals surface area contributed by atoms with Crippen LogP contribution >= 0.6 is 0 Å². The molecule has 1 aromatic heterocycles. The van der Waals surface area contributed by atoms with Crippen molar-refractivity contribution in [1.29, 1.82) is 0 Å². The number of carbonyl (C=O) groups excluding carboxylic acids is 1. The molecule has 5 nitrogen and oxygen atoms in total. The standard InChI is InChI=1S/C17H22N2O3/c1-9-6-10(2)13-11(8-18-16(22)17(3,4)5)14(15(20)21)19-12(13)7-9/h6-7,19H,8H2,1-5H3,(H,18,22)(H,20,21). The number of carboxylic acids is 1. The molecule has 0 saturated carbocycles. The summed E-state index contributed by atoms with van der Waals surface area (Å²) < 4.78 is 0. The van der Waals surface area contributed by atoms with Crippen LogP contribution in [0.2, 0.25) is 0 Å².